The smallest absolute Gasteiger partial charge is 0.409 e. The molecule has 6 nitrogen and oxygen atoms in total. The Labute approximate surface area is 81.1 Å². The minimum Gasteiger partial charge on any atom is -0.479 e. The molecule has 0 radical (unpaired) electrons. The zero-order valence-electron chi connectivity index (χ0n) is 7.68. The third-order valence-corrected chi connectivity index (χ3v) is 2.01. The third-order valence-electron chi connectivity index (χ3n) is 2.01. The Balaban J connectivity index is 2.29. The summed E-state index contributed by atoms with van der Waals surface area (Å²) >= 11 is 0. The van der Waals surface area contributed by atoms with Crippen molar-refractivity contribution >= 4 is 12.1 Å². The minimum atomic E-state index is -1.41. The molecule has 2 N–H and O–H groups in total. The van der Waals surface area contributed by atoms with Crippen molar-refractivity contribution in [3.63, 3.8) is 0 Å². The van der Waals surface area contributed by atoms with Crippen molar-refractivity contribution in [2.45, 2.75) is 18.9 Å². The van der Waals surface area contributed by atoms with E-state index in [1.54, 1.807) is 0 Å². The molecule has 0 saturated carbocycles. The number of aliphatic carboxylic acids is 1. The van der Waals surface area contributed by atoms with E-state index in [-0.39, 0.29) is 13.0 Å². The van der Waals surface area contributed by atoms with Crippen LogP contribution in [0.5, 0.6) is 0 Å². The molecule has 1 heterocycles. The first-order valence-corrected chi connectivity index (χ1v) is 4.44. The van der Waals surface area contributed by atoms with Gasteiger partial charge in [0.05, 0.1) is 6.61 Å². The summed E-state index contributed by atoms with van der Waals surface area (Å²) < 4.78 is 4.74. The second kappa shape index (κ2) is 4.80. The average Bonchev–Trinajstić information content (AvgIpc) is 2.16. The van der Waals surface area contributed by atoms with E-state index in [1.165, 1.54) is 4.90 Å². The lowest BCUT2D eigenvalue weighted by atomic mass is 10.2. The third kappa shape index (κ3) is 2.88. The quantitative estimate of drug-likeness (QED) is 0.653. The number of cyclic esters (lactones) is 1. The van der Waals surface area contributed by atoms with Crippen molar-refractivity contribution in [2.24, 2.45) is 0 Å². The van der Waals surface area contributed by atoms with Gasteiger partial charge in [-0.1, -0.05) is 0 Å². The molecule has 1 rings (SSSR count). The SMILES string of the molecule is O=C(O)C(O)CCN1CCCOC1=O. The van der Waals surface area contributed by atoms with Gasteiger partial charge in [0.15, 0.2) is 6.10 Å². The number of carboxylic acids is 1. The molecule has 0 aromatic heterocycles. The molecule has 1 unspecified atom stereocenters. The molecule has 1 aliphatic rings. The van der Waals surface area contributed by atoms with E-state index in [4.69, 9.17) is 14.9 Å². The second-order valence-electron chi connectivity index (χ2n) is 3.10. The molecule has 6 heteroatoms. The first-order valence-electron chi connectivity index (χ1n) is 4.44. The van der Waals surface area contributed by atoms with E-state index in [0.29, 0.717) is 13.2 Å². The van der Waals surface area contributed by atoms with Gasteiger partial charge in [0, 0.05) is 19.5 Å². The van der Waals surface area contributed by atoms with Crippen LogP contribution in [0.2, 0.25) is 0 Å². The Bertz CT molecular complexity index is 230. The number of hydrogen-bond donors (Lipinski definition) is 2. The first-order chi connectivity index (χ1) is 6.61. The number of amides is 1. The number of nitrogens with zero attached hydrogens (tertiary/aromatic N) is 1. The van der Waals surface area contributed by atoms with Crippen molar-refractivity contribution in [1.82, 2.24) is 4.90 Å². The molecule has 0 aliphatic carbocycles. The number of carbonyl (C=O) groups is 2. The topological polar surface area (TPSA) is 87.1 Å². The molecular weight excluding hydrogens is 190 g/mol. The van der Waals surface area contributed by atoms with E-state index in [9.17, 15) is 9.59 Å². The van der Waals surface area contributed by atoms with Crippen LogP contribution in [0.15, 0.2) is 0 Å². The zero-order chi connectivity index (χ0) is 10.6. The summed E-state index contributed by atoms with van der Waals surface area (Å²) in [6.45, 7) is 1.19. The Morgan fingerprint density at radius 3 is 2.93 bits per heavy atom. The first kappa shape index (κ1) is 10.8. The molecular formula is C8H13NO5. The van der Waals surface area contributed by atoms with Gasteiger partial charge in [0.25, 0.3) is 0 Å². The number of hydrogen-bond acceptors (Lipinski definition) is 4. The molecule has 1 amide bonds. The lowest BCUT2D eigenvalue weighted by Crippen LogP contribution is -2.40. The number of rotatable bonds is 4. The van der Waals surface area contributed by atoms with E-state index in [1.807, 2.05) is 0 Å². The van der Waals surface area contributed by atoms with Crippen LogP contribution >= 0.6 is 0 Å². The zero-order valence-corrected chi connectivity index (χ0v) is 7.68. The highest BCUT2D eigenvalue weighted by atomic mass is 16.6. The number of aliphatic hydroxyl groups excluding tert-OH is 1. The monoisotopic (exact) mass is 203 g/mol. The van der Waals surface area contributed by atoms with Gasteiger partial charge in [-0.25, -0.2) is 9.59 Å². The molecule has 0 aromatic carbocycles. The molecule has 1 atom stereocenters. The highest BCUT2D eigenvalue weighted by Crippen LogP contribution is 2.06. The van der Waals surface area contributed by atoms with Gasteiger partial charge < -0.3 is 19.8 Å². The van der Waals surface area contributed by atoms with Crippen molar-refractivity contribution in [1.29, 1.82) is 0 Å². The minimum absolute atomic E-state index is 0.0322. The Kier molecular flexibility index (Phi) is 3.70. The van der Waals surface area contributed by atoms with Crippen LogP contribution in [-0.2, 0) is 9.53 Å². The van der Waals surface area contributed by atoms with Crippen LogP contribution in [0.1, 0.15) is 12.8 Å². The van der Waals surface area contributed by atoms with Gasteiger partial charge in [-0.15, -0.1) is 0 Å². The average molecular weight is 203 g/mol. The van der Waals surface area contributed by atoms with Crippen LogP contribution in [0.4, 0.5) is 4.79 Å². The Morgan fingerprint density at radius 1 is 1.64 bits per heavy atom. The maximum Gasteiger partial charge on any atom is 0.409 e. The van der Waals surface area contributed by atoms with Gasteiger partial charge in [-0.3, -0.25) is 0 Å². The fourth-order valence-corrected chi connectivity index (χ4v) is 1.20. The molecule has 0 aromatic rings. The molecule has 14 heavy (non-hydrogen) atoms. The van der Waals surface area contributed by atoms with Crippen LogP contribution in [-0.4, -0.2) is 53.0 Å². The van der Waals surface area contributed by atoms with Crippen LogP contribution in [0.3, 0.4) is 0 Å². The maximum absolute atomic E-state index is 11.1. The maximum atomic E-state index is 11.1. The molecule has 0 spiro atoms. The lowest BCUT2D eigenvalue weighted by Gasteiger charge is -2.26. The number of carboxylic acid groups (broad SMARTS) is 1. The predicted molar refractivity (Wildman–Crippen MR) is 45.8 cm³/mol. The van der Waals surface area contributed by atoms with Gasteiger partial charge >= 0.3 is 12.1 Å². The van der Waals surface area contributed by atoms with Gasteiger partial charge in [-0.2, -0.15) is 0 Å². The van der Waals surface area contributed by atoms with E-state index in [0.717, 1.165) is 6.42 Å². The normalized spacial score (nSPS) is 18.9. The van der Waals surface area contributed by atoms with Crippen LogP contribution < -0.4 is 0 Å². The molecule has 1 fully saturated rings. The molecule has 80 valence electrons. The summed E-state index contributed by atoms with van der Waals surface area (Å²) in [6, 6.07) is 0. The Hall–Kier alpha value is -1.30. The summed E-state index contributed by atoms with van der Waals surface area (Å²) in [6.07, 6.45) is -1.07. The highest BCUT2D eigenvalue weighted by Gasteiger charge is 2.21. The fourth-order valence-electron chi connectivity index (χ4n) is 1.20. The molecule has 0 bridgehead atoms. The second-order valence-corrected chi connectivity index (χ2v) is 3.10. The largest absolute Gasteiger partial charge is 0.479 e. The van der Waals surface area contributed by atoms with Crippen molar-refractivity contribution in [3.8, 4) is 0 Å². The van der Waals surface area contributed by atoms with Gasteiger partial charge in [-0.05, 0) is 6.42 Å². The van der Waals surface area contributed by atoms with Crippen molar-refractivity contribution in [2.75, 3.05) is 19.7 Å². The summed E-state index contributed by atoms with van der Waals surface area (Å²) in [5.74, 6) is -1.27. The van der Waals surface area contributed by atoms with Crippen molar-refractivity contribution < 1.29 is 24.5 Å². The summed E-state index contributed by atoms with van der Waals surface area (Å²) in [5.41, 5.74) is 0. The summed E-state index contributed by atoms with van der Waals surface area (Å²) in [5, 5.41) is 17.4. The van der Waals surface area contributed by atoms with E-state index < -0.39 is 18.2 Å². The van der Waals surface area contributed by atoms with E-state index in [2.05, 4.69) is 0 Å². The molecule has 1 aliphatic heterocycles. The van der Waals surface area contributed by atoms with Crippen molar-refractivity contribution in [3.05, 3.63) is 0 Å². The van der Waals surface area contributed by atoms with E-state index >= 15 is 0 Å². The standard InChI is InChI=1S/C8H13NO5/c10-6(7(11)12)2-4-9-3-1-5-14-8(9)13/h6,10H,1-5H2,(H,11,12). The van der Waals surface area contributed by atoms with Gasteiger partial charge in [0.2, 0.25) is 0 Å². The number of ether oxygens (including phenoxy) is 1. The van der Waals surface area contributed by atoms with Crippen LogP contribution in [0.25, 0.3) is 0 Å². The number of carbonyl (C=O) groups excluding carboxylic acids is 1. The predicted octanol–water partition coefficient (Wildman–Crippen LogP) is -0.336. The lowest BCUT2D eigenvalue weighted by molar-refractivity contribution is -0.147. The highest BCUT2D eigenvalue weighted by molar-refractivity contribution is 5.72. The number of aliphatic hydroxyl groups is 1. The fraction of sp³-hybridized carbons (Fsp3) is 0.750. The summed E-state index contributed by atoms with van der Waals surface area (Å²) in [7, 11) is 0. The van der Waals surface area contributed by atoms with Crippen LogP contribution in [0, 0.1) is 0 Å². The van der Waals surface area contributed by atoms with Gasteiger partial charge in [0.1, 0.15) is 0 Å². The summed E-state index contributed by atoms with van der Waals surface area (Å²) in [4.78, 5) is 22.7. The molecule has 1 saturated heterocycles. The Morgan fingerprint density at radius 2 is 2.36 bits per heavy atom.